The lowest BCUT2D eigenvalue weighted by Crippen LogP contribution is -2.50. The first-order valence-electron chi connectivity index (χ1n) is 12.5. The summed E-state index contributed by atoms with van der Waals surface area (Å²) < 4.78 is 13.5. The summed E-state index contributed by atoms with van der Waals surface area (Å²) in [5.41, 5.74) is 3.00. The molecule has 0 aliphatic carbocycles. The number of nitrogens with zero attached hydrogens (tertiary/aromatic N) is 1. The number of hydrogen-bond acceptors (Lipinski definition) is 3. The standard InChI is InChI=1S/C30H35FN2O2S/c1-2-3-19-32-30(35)28(21-24-10-6-4-7-11-24)33(22-25-14-16-27(31)17-15-25)29(34)18-20-36-23-26-12-8-5-9-13-26/h4-17,28H,2-3,18-23H2,1H3,(H,32,35)/t28-/m0/s1. The summed E-state index contributed by atoms with van der Waals surface area (Å²) >= 11 is 1.70. The van der Waals surface area contributed by atoms with Gasteiger partial charge in [-0.25, -0.2) is 4.39 Å². The summed E-state index contributed by atoms with van der Waals surface area (Å²) in [5, 5.41) is 3.02. The fourth-order valence-corrected chi connectivity index (χ4v) is 4.81. The maximum Gasteiger partial charge on any atom is 0.243 e. The second-order valence-electron chi connectivity index (χ2n) is 8.79. The number of rotatable bonds is 14. The van der Waals surface area contributed by atoms with Crippen molar-refractivity contribution >= 4 is 23.6 Å². The molecule has 0 unspecified atom stereocenters. The molecule has 1 N–H and O–H groups in total. The predicted octanol–water partition coefficient (Wildman–Crippen LogP) is 6.01. The molecule has 1 atom stereocenters. The van der Waals surface area contributed by atoms with Crippen molar-refractivity contribution in [1.29, 1.82) is 0 Å². The molecule has 190 valence electrons. The van der Waals surface area contributed by atoms with Crippen LogP contribution in [0.5, 0.6) is 0 Å². The fourth-order valence-electron chi connectivity index (χ4n) is 3.91. The van der Waals surface area contributed by atoms with Crippen LogP contribution in [0.3, 0.4) is 0 Å². The van der Waals surface area contributed by atoms with Crippen LogP contribution in [0.25, 0.3) is 0 Å². The van der Waals surface area contributed by atoms with Crippen molar-refractivity contribution in [1.82, 2.24) is 10.2 Å². The minimum atomic E-state index is -0.652. The highest BCUT2D eigenvalue weighted by Crippen LogP contribution is 2.19. The van der Waals surface area contributed by atoms with Gasteiger partial charge in [0, 0.05) is 37.4 Å². The van der Waals surface area contributed by atoms with Gasteiger partial charge in [0.05, 0.1) is 0 Å². The Morgan fingerprint density at radius 1 is 0.889 bits per heavy atom. The molecule has 3 aromatic carbocycles. The van der Waals surface area contributed by atoms with Gasteiger partial charge in [-0.05, 0) is 35.2 Å². The van der Waals surface area contributed by atoms with Crippen molar-refractivity contribution in [3.63, 3.8) is 0 Å². The van der Waals surface area contributed by atoms with Crippen LogP contribution in [0.15, 0.2) is 84.9 Å². The molecule has 4 nitrogen and oxygen atoms in total. The van der Waals surface area contributed by atoms with Gasteiger partial charge in [0.2, 0.25) is 11.8 Å². The van der Waals surface area contributed by atoms with Crippen LogP contribution >= 0.6 is 11.8 Å². The van der Waals surface area contributed by atoms with E-state index in [9.17, 15) is 14.0 Å². The Bertz CT molecular complexity index is 1060. The fraction of sp³-hybridized carbons (Fsp3) is 0.333. The van der Waals surface area contributed by atoms with Crippen LogP contribution in [-0.2, 0) is 28.3 Å². The van der Waals surface area contributed by atoms with Crippen LogP contribution in [0.4, 0.5) is 4.39 Å². The molecule has 0 spiro atoms. The number of nitrogens with one attached hydrogen (secondary N) is 1. The first-order chi connectivity index (χ1) is 17.6. The van der Waals surface area contributed by atoms with Crippen molar-refractivity contribution in [2.75, 3.05) is 12.3 Å². The topological polar surface area (TPSA) is 49.4 Å². The molecule has 6 heteroatoms. The Kier molecular flexibility index (Phi) is 11.5. The summed E-state index contributed by atoms with van der Waals surface area (Å²) in [5.74, 6) is 0.929. The molecule has 0 aliphatic rings. The zero-order valence-electron chi connectivity index (χ0n) is 20.9. The van der Waals surface area contributed by atoms with Gasteiger partial charge >= 0.3 is 0 Å². The molecule has 0 fully saturated rings. The van der Waals surface area contributed by atoms with E-state index in [1.807, 2.05) is 48.5 Å². The van der Waals surface area contributed by atoms with Crippen molar-refractivity contribution < 1.29 is 14.0 Å². The average molecular weight is 507 g/mol. The van der Waals surface area contributed by atoms with Gasteiger partial charge in [0.25, 0.3) is 0 Å². The summed E-state index contributed by atoms with van der Waals surface area (Å²) in [7, 11) is 0. The van der Waals surface area contributed by atoms with Gasteiger partial charge in [-0.15, -0.1) is 0 Å². The monoisotopic (exact) mass is 506 g/mol. The van der Waals surface area contributed by atoms with E-state index in [-0.39, 0.29) is 24.2 Å². The smallest absolute Gasteiger partial charge is 0.243 e. The molecule has 2 amide bonds. The van der Waals surface area contributed by atoms with Gasteiger partial charge in [-0.3, -0.25) is 9.59 Å². The molecular formula is C30H35FN2O2S. The number of carbonyl (C=O) groups is 2. The molecule has 3 rings (SSSR count). The summed E-state index contributed by atoms with van der Waals surface area (Å²) in [4.78, 5) is 28.6. The lowest BCUT2D eigenvalue weighted by Gasteiger charge is -2.31. The van der Waals surface area contributed by atoms with Gasteiger partial charge in [-0.1, -0.05) is 86.1 Å². The Balaban J connectivity index is 1.77. The maximum atomic E-state index is 13.6. The zero-order valence-corrected chi connectivity index (χ0v) is 21.7. The average Bonchev–Trinajstić information content (AvgIpc) is 2.91. The van der Waals surface area contributed by atoms with E-state index in [2.05, 4.69) is 24.4 Å². The van der Waals surface area contributed by atoms with E-state index in [1.165, 1.54) is 17.7 Å². The van der Waals surface area contributed by atoms with Crippen LogP contribution in [0.2, 0.25) is 0 Å². The third-order valence-corrected chi connectivity index (χ3v) is 6.97. The second-order valence-corrected chi connectivity index (χ2v) is 9.89. The zero-order chi connectivity index (χ0) is 25.6. The molecule has 0 aromatic heterocycles. The van der Waals surface area contributed by atoms with Gasteiger partial charge in [-0.2, -0.15) is 11.8 Å². The summed E-state index contributed by atoms with van der Waals surface area (Å²) in [6.07, 6.45) is 2.60. The maximum absolute atomic E-state index is 13.6. The van der Waals surface area contributed by atoms with Crippen LogP contribution in [0.1, 0.15) is 42.9 Å². The number of halogens is 1. The van der Waals surface area contributed by atoms with Crippen LogP contribution < -0.4 is 5.32 Å². The molecular weight excluding hydrogens is 471 g/mol. The van der Waals surface area contributed by atoms with Gasteiger partial charge < -0.3 is 10.2 Å². The largest absolute Gasteiger partial charge is 0.354 e. The number of amides is 2. The van der Waals surface area contributed by atoms with Crippen molar-refractivity contribution in [2.45, 2.75) is 50.9 Å². The van der Waals surface area contributed by atoms with E-state index in [0.29, 0.717) is 25.1 Å². The van der Waals surface area contributed by atoms with E-state index < -0.39 is 6.04 Å². The van der Waals surface area contributed by atoms with E-state index in [4.69, 9.17) is 0 Å². The lowest BCUT2D eigenvalue weighted by atomic mass is 10.0. The van der Waals surface area contributed by atoms with Crippen LogP contribution in [0, 0.1) is 5.82 Å². The Labute approximate surface area is 218 Å². The minimum Gasteiger partial charge on any atom is -0.354 e. The number of thioether (sulfide) groups is 1. The quantitative estimate of drug-likeness (QED) is 0.273. The highest BCUT2D eigenvalue weighted by Gasteiger charge is 2.30. The molecule has 0 heterocycles. The highest BCUT2D eigenvalue weighted by molar-refractivity contribution is 7.98. The molecule has 3 aromatic rings. The van der Waals surface area contributed by atoms with Crippen LogP contribution in [-0.4, -0.2) is 35.1 Å². The third-order valence-electron chi connectivity index (χ3n) is 5.94. The normalized spacial score (nSPS) is 11.6. The number of carbonyl (C=O) groups excluding carboxylic acids is 2. The molecule has 0 saturated heterocycles. The summed E-state index contributed by atoms with van der Waals surface area (Å²) in [6, 6.07) is 25.4. The molecule has 0 aliphatic heterocycles. The van der Waals surface area contributed by atoms with Crippen molar-refractivity contribution in [3.8, 4) is 0 Å². The molecule has 0 radical (unpaired) electrons. The number of hydrogen-bond donors (Lipinski definition) is 1. The highest BCUT2D eigenvalue weighted by atomic mass is 32.2. The molecule has 0 saturated carbocycles. The third kappa shape index (κ3) is 9.15. The summed E-state index contributed by atoms with van der Waals surface area (Å²) in [6.45, 7) is 2.90. The van der Waals surface area contributed by atoms with E-state index in [1.54, 1.807) is 28.8 Å². The van der Waals surface area contributed by atoms with E-state index >= 15 is 0 Å². The Hall–Kier alpha value is -3.12. The van der Waals surface area contributed by atoms with Crippen molar-refractivity contribution in [2.24, 2.45) is 0 Å². The first-order valence-corrected chi connectivity index (χ1v) is 13.7. The Morgan fingerprint density at radius 3 is 2.17 bits per heavy atom. The number of benzene rings is 3. The van der Waals surface area contributed by atoms with E-state index in [0.717, 1.165) is 29.7 Å². The lowest BCUT2D eigenvalue weighted by molar-refractivity contribution is -0.141. The Morgan fingerprint density at radius 2 is 1.53 bits per heavy atom. The first kappa shape index (κ1) is 27.5. The predicted molar refractivity (Wildman–Crippen MR) is 146 cm³/mol. The SMILES string of the molecule is CCCCNC(=O)[C@H](Cc1ccccc1)N(Cc1ccc(F)cc1)C(=O)CCSCc1ccccc1. The van der Waals surface area contributed by atoms with Gasteiger partial charge in [0.15, 0.2) is 0 Å². The second kappa shape index (κ2) is 15.1. The minimum absolute atomic E-state index is 0.0774. The molecule has 36 heavy (non-hydrogen) atoms. The molecule has 0 bridgehead atoms. The number of unbranched alkanes of at least 4 members (excludes halogenated alkanes) is 1. The van der Waals surface area contributed by atoms with Gasteiger partial charge in [0.1, 0.15) is 11.9 Å². The van der Waals surface area contributed by atoms with Crippen molar-refractivity contribution in [3.05, 3.63) is 107 Å².